The van der Waals surface area contributed by atoms with Crippen LogP contribution in [0.15, 0.2) is 0 Å². The Kier molecular flexibility index (Phi) is 14.5. The molecule has 6 nitrogen and oxygen atoms in total. The first kappa shape index (κ1) is 20.8. The van der Waals surface area contributed by atoms with Crippen LogP contribution in [0.1, 0.15) is 39.5 Å². The van der Waals surface area contributed by atoms with Gasteiger partial charge in [0.1, 0.15) is 6.29 Å². The Morgan fingerprint density at radius 2 is 1.29 bits per heavy atom. The second-order valence-electron chi connectivity index (χ2n) is 5.55. The number of hydrogen-bond acceptors (Lipinski definition) is 6. The van der Waals surface area contributed by atoms with Crippen molar-refractivity contribution in [3.05, 3.63) is 0 Å². The van der Waals surface area contributed by atoms with E-state index in [1.807, 2.05) is 0 Å². The summed E-state index contributed by atoms with van der Waals surface area (Å²) in [5.41, 5.74) is 16.5. The lowest BCUT2D eigenvalue weighted by Gasteiger charge is -2.23. The van der Waals surface area contributed by atoms with Gasteiger partial charge in [0.2, 0.25) is 0 Å². The van der Waals surface area contributed by atoms with E-state index in [0.717, 1.165) is 52.1 Å². The van der Waals surface area contributed by atoms with Gasteiger partial charge in [0, 0.05) is 0 Å². The Balaban J connectivity index is 3.61. The Hall–Kier alpha value is -0.240. The molecule has 0 saturated carbocycles. The van der Waals surface area contributed by atoms with E-state index in [1.165, 1.54) is 25.9 Å². The topological polar surface area (TPSA) is 96.6 Å². The van der Waals surface area contributed by atoms with Gasteiger partial charge in [-0.1, -0.05) is 13.8 Å². The highest BCUT2D eigenvalue weighted by molar-refractivity contribution is 4.61. The van der Waals surface area contributed by atoms with E-state index in [9.17, 15) is 0 Å². The van der Waals surface area contributed by atoms with E-state index in [1.54, 1.807) is 0 Å². The molecule has 0 bridgehead atoms. The maximum atomic E-state index is 5.57. The molecule has 128 valence electrons. The Labute approximate surface area is 131 Å². The molecule has 0 aliphatic carbocycles. The SMILES string of the molecule is CCN(CCCN)CCCCN(CC)CCCNC(N)N. The molecule has 0 saturated heterocycles. The summed E-state index contributed by atoms with van der Waals surface area (Å²) in [6, 6.07) is 0. The molecular formula is C15H38N6. The molecule has 0 amide bonds. The molecule has 0 atom stereocenters. The zero-order valence-corrected chi connectivity index (χ0v) is 14.2. The smallest absolute Gasteiger partial charge is 0.106 e. The van der Waals surface area contributed by atoms with E-state index in [2.05, 4.69) is 29.0 Å². The van der Waals surface area contributed by atoms with Crippen LogP contribution in [-0.2, 0) is 0 Å². The fourth-order valence-electron chi connectivity index (χ4n) is 2.41. The third-order valence-electron chi connectivity index (χ3n) is 3.80. The average Bonchev–Trinajstić information content (AvgIpc) is 2.48. The predicted molar refractivity (Wildman–Crippen MR) is 91.9 cm³/mol. The number of unbranched alkanes of at least 4 members (excludes halogenated alkanes) is 1. The van der Waals surface area contributed by atoms with Crippen molar-refractivity contribution in [3.8, 4) is 0 Å². The summed E-state index contributed by atoms with van der Waals surface area (Å²) in [5, 5.41) is 3.05. The summed E-state index contributed by atoms with van der Waals surface area (Å²) in [6.45, 7) is 13.0. The normalized spacial score (nSPS) is 12.0. The van der Waals surface area contributed by atoms with Crippen molar-refractivity contribution < 1.29 is 0 Å². The molecule has 0 aromatic rings. The van der Waals surface area contributed by atoms with E-state index in [0.29, 0.717) is 0 Å². The quantitative estimate of drug-likeness (QED) is 0.250. The number of rotatable bonds is 15. The first-order valence-corrected chi connectivity index (χ1v) is 8.53. The third-order valence-corrected chi connectivity index (χ3v) is 3.80. The van der Waals surface area contributed by atoms with Crippen LogP contribution >= 0.6 is 0 Å². The number of hydrogen-bond donors (Lipinski definition) is 4. The highest BCUT2D eigenvalue weighted by Gasteiger charge is 2.04. The lowest BCUT2D eigenvalue weighted by molar-refractivity contribution is 0.249. The average molecular weight is 303 g/mol. The van der Waals surface area contributed by atoms with E-state index in [-0.39, 0.29) is 0 Å². The molecule has 0 aromatic carbocycles. The molecule has 0 unspecified atom stereocenters. The van der Waals surface area contributed by atoms with Gasteiger partial charge in [-0.25, -0.2) is 0 Å². The van der Waals surface area contributed by atoms with Crippen LogP contribution in [0.25, 0.3) is 0 Å². The van der Waals surface area contributed by atoms with Crippen molar-refractivity contribution >= 4 is 0 Å². The number of nitrogens with zero attached hydrogens (tertiary/aromatic N) is 2. The van der Waals surface area contributed by atoms with Crippen LogP contribution < -0.4 is 22.5 Å². The van der Waals surface area contributed by atoms with Crippen LogP contribution in [0, 0.1) is 0 Å². The lowest BCUT2D eigenvalue weighted by Crippen LogP contribution is -2.46. The third kappa shape index (κ3) is 13.2. The fraction of sp³-hybridized carbons (Fsp3) is 1.00. The number of nitrogens with two attached hydrogens (primary N) is 3. The minimum Gasteiger partial charge on any atom is -0.330 e. The highest BCUT2D eigenvalue weighted by Crippen LogP contribution is 2.00. The standard InChI is InChI=1S/C15H38N6/c1-3-20(13-7-9-16)11-5-6-12-21(4-2)14-8-10-19-15(17)18/h15,19H,3-14,16-18H2,1-2H3. The molecular weight excluding hydrogens is 264 g/mol. The summed E-state index contributed by atoms with van der Waals surface area (Å²) >= 11 is 0. The molecule has 0 radical (unpaired) electrons. The number of nitrogens with one attached hydrogen (secondary N) is 1. The van der Waals surface area contributed by atoms with E-state index < -0.39 is 6.29 Å². The second-order valence-corrected chi connectivity index (χ2v) is 5.55. The van der Waals surface area contributed by atoms with Crippen LogP contribution in [-0.4, -0.2) is 68.4 Å². The maximum absolute atomic E-state index is 5.57. The van der Waals surface area contributed by atoms with E-state index >= 15 is 0 Å². The van der Waals surface area contributed by atoms with Crippen LogP contribution in [0.5, 0.6) is 0 Å². The van der Waals surface area contributed by atoms with Gasteiger partial charge in [-0.05, 0) is 78.0 Å². The molecule has 0 rings (SSSR count). The molecule has 6 heteroatoms. The molecule has 0 aliphatic rings. The van der Waals surface area contributed by atoms with Crippen LogP contribution in [0.2, 0.25) is 0 Å². The minimum absolute atomic E-state index is 0.395. The zero-order valence-electron chi connectivity index (χ0n) is 14.2. The van der Waals surface area contributed by atoms with Gasteiger partial charge in [-0.3, -0.25) is 5.32 Å². The Morgan fingerprint density at radius 3 is 1.71 bits per heavy atom. The molecule has 0 fully saturated rings. The largest absolute Gasteiger partial charge is 0.330 e. The lowest BCUT2D eigenvalue weighted by atomic mass is 10.2. The van der Waals surface area contributed by atoms with Gasteiger partial charge in [-0.15, -0.1) is 0 Å². The second kappa shape index (κ2) is 14.7. The van der Waals surface area contributed by atoms with Crippen molar-refractivity contribution in [1.82, 2.24) is 15.1 Å². The summed E-state index contributed by atoms with van der Waals surface area (Å²) in [7, 11) is 0. The summed E-state index contributed by atoms with van der Waals surface area (Å²) in [5.74, 6) is 0. The first-order chi connectivity index (χ1) is 10.1. The first-order valence-electron chi connectivity index (χ1n) is 8.53. The maximum Gasteiger partial charge on any atom is 0.106 e. The van der Waals surface area contributed by atoms with Gasteiger partial charge in [0.05, 0.1) is 0 Å². The van der Waals surface area contributed by atoms with Crippen molar-refractivity contribution in [1.29, 1.82) is 0 Å². The monoisotopic (exact) mass is 302 g/mol. The van der Waals surface area contributed by atoms with Crippen molar-refractivity contribution in [2.24, 2.45) is 17.2 Å². The van der Waals surface area contributed by atoms with Gasteiger partial charge >= 0.3 is 0 Å². The molecule has 21 heavy (non-hydrogen) atoms. The van der Waals surface area contributed by atoms with Gasteiger partial charge in [0.25, 0.3) is 0 Å². The fourth-order valence-corrected chi connectivity index (χ4v) is 2.41. The van der Waals surface area contributed by atoms with Gasteiger partial charge in [-0.2, -0.15) is 0 Å². The molecule has 0 heterocycles. The summed E-state index contributed by atoms with van der Waals surface area (Å²) < 4.78 is 0. The molecule has 0 aromatic heterocycles. The summed E-state index contributed by atoms with van der Waals surface area (Å²) in [6.07, 6.45) is 4.33. The molecule has 7 N–H and O–H groups in total. The molecule has 0 aliphatic heterocycles. The van der Waals surface area contributed by atoms with Crippen LogP contribution in [0.3, 0.4) is 0 Å². The van der Waals surface area contributed by atoms with Crippen molar-refractivity contribution in [2.75, 3.05) is 52.4 Å². The van der Waals surface area contributed by atoms with Crippen molar-refractivity contribution in [2.45, 2.75) is 45.8 Å². The van der Waals surface area contributed by atoms with Gasteiger partial charge < -0.3 is 27.0 Å². The molecule has 0 spiro atoms. The van der Waals surface area contributed by atoms with E-state index in [4.69, 9.17) is 17.2 Å². The Morgan fingerprint density at radius 1 is 0.810 bits per heavy atom. The zero-order chi connectivity index (χ0) is 15.9. The summed E-state index contributed by atoms with van der Waals surface area (Å²) in [4.78, 5) is 5.00. The van der Waals surface area contributed by atoms with Crippen molar-refractivity contribution in [3.63, 3.8) is 0 Å². The van der Waals surface area contributed by atoms with Gasteiger partial charge in [0.15, 0.2) is 0 Å². The highest BCUT2D eigenvalue weighted by atomic mass is 15.1. The van der Waals surface area contributed by atoms with Crippen LogP contribution in [0.4, 0.5) is 0 Å². The predicted octanol–water partition coefficient (Wildman–Crippen LogP) is -0.0601. The minimum atomic E-state index is -0.395. The Bertz CT molecular complexity index is 212.